The number of aromatic nitrogens is 2. The monoisotopic (exact) mass is 220 g/mol. The molecule has 0 aromatic carbocycles. The van der Waals surface area contributed by atoms with Gasteiger partial charge in [0.15, 0.2) is 5.65 Å². The predicted octanol–water partition coefficient (Wildman–Crippen LogP) is 3.29. The summed E-state index contributed by atoms with van der Waals surface area (Å²) in [6.07, 6.45) is 3.34. The number of nitrogens with zero attached hydrogens (tertiary/aromatic N) is 2. The molecule has 0 fully saturated rings. The maximum absolute atomic E-state index is 5.87. The fourth-order valence-electron chi connectivity index (χ4n) is 0.982. The van der Waals surface area contributed by atoms with Gasteiger partial charge in [0.25, 0.3) is 0 Å². The van der Waals surface area contributed by atoms with Crippen molar-refractivity contribution in [1.29, 1.82) is 0 Å². The summed E-state index contributed by atoms with van der Waals surface area (Å²) in [5.74, 6) is 0. The van der Waals surface area contributed by atoms with Crippen LogP contribution in [-0.2, 0) is 0 Å². The van der Waals surface area contributed by atoms with E-state index in [-0.39, 0.29) is 0 Å². The second-order valence-electron chi connectivity index (χ2n) is 2.25. The Morgan fingerprint density at radius 1 is 1.25 bits per heavy atom. The van der Waals surface area contributed by atoms with Gasteiger partial charge in [0.2, 0.25) is 0 Å². The van der Waals surface area contributed by atoms with Crippen molar-refractivity contribution < 1.29 is 0 Å². The number of imidazole rings is 1. The molecule has 0 saturated heterocycles. The first-order valence-corrected chi connectivity index (χ1v) is 4.30. The Labute approximate surface area is 83.7 Å². The largest absolute Gasteiger partial charge is 0.289 e. The van der Waals surface area contributed by atoms with E-state index in [9.17, 15) is 0 Å². The van der Waals surface area contributed by atoms with Crippen molar-refractivity contribution in [3.05, 3.63) is 33.7 Å². The van der Waals surface area contributed by atoms with Crippen LogP contribution in [0, 0.1) is 0 Å². The highest BCUT2D eigenvalue weighted by Crippen LogP contribution is 2.29. The number of hydrogen-bond donors (Lipinski definition) is 0. The average Bonchev–Trinajstić information content (AvgIpc) is 2.48. The highest BCUT2D eigenvalue weighted by molar-refractivity contribution is 6.44. The van der Waals surface area contributed by atoms with Crippen molar-refractivity contribution in [3.63, 3.8) is 0 Å². The van der Waals surface area contributed by atoms with Crippen LogP contribution >= 0.6 is 34.8 Å². The minimum atomic E-state index is 0.417. The Bertz CT molecular complexity index is 435. The maximum atomic E-state index is 5.87. The van der Waals surface area contributed by atoms with Gasteiger partial charge in [0.05, 0.1) is 5.02 Å². The van der Waals surface area contributed by atoms with Crippen molar-refractivity contribution >= 4 is 40.4 Å². The van der Waals surface area contributed by atoms with Gasteiger partial charge in [0, 0.05) is 12.4 Å². The van der Waals surface area contributed by atoms with E-state index in [2.05, 4.69) is 4.98 Å². The van der Waals surface area contributed by atoms with E-state index in [1.165, 1.54) is 0 Å². The third-order valence-electron chi connectivity index (χ3n) is 1.52. The van der Waals surface area contributed by atoms with Gasteiger partial charge < -0.3 is 0 Å². The van der Waals surface area contributed by atoms with Crippen molar-refractivity contribution in [2.24, 2.45) is 0 Å². The van der Waals surface area contributed by atoms with Crippen LogP contribution in [0.25, 0.3) is 5.65 Å². The van der Waals surface area contributed by atoms with Crippen LogP contribution in [0.2, 0.25) is 15.2 Å². The van der Waals surface area contributed by atoms with Crippen LogP contribution < -0.4 is 0 Å². The highest BCUT2D eigenvalue weighted by atomic mass is 35.5. The van der Waals surface area contributed by atoms with Crippen LogP contribution in [0.4, 0.5) is 0 Å². The summed E-state index contributed by atoms with van der Waals surface area (Å²) in [4.78, 5) is 4.00. The SMILES string of the molecule is Clc1cc(Cl)n2ccnc2c1Cl. The molecule has 0 bridgehead atoms. The molecule has 0 spiro atoms. The quantitative estimate of drug-likeness (QED) is 0.624. The van der Waals surface area contributed by atoms with Crippen molar-refractivity contribution in [2.45, 2.75) is 0 Å². The lowest BCUT2D eigenvalue weighted by molar-refractivity contribution is 1.19. The molecule has 0 amide bonds. The third kappa shape index (κ3) is 1.07. The van der Waals surface area contributed by atoms with Crippen LogP contribution in [0.3, 0.4) is 0 Å². The van der Waals surface area contributed by atoms with E-state index in [1.54, 1.807) is 22.9 Å². The molecular weight excluding hydrogens is 218 g/mol. The lowest BCUT2D eigenvalue weighted by atomic mass is 10.5. The van der Waals surface area contributed by atoms with Gasteiger partial charge >= 0.3 is 0 Å². The Hall–Kier alpha value is -0.440. The first-order valence-electron chi connectivity index (χ1n) is 3.16. The second-order valence-corrected chi connectivity index (χ2v) is 3.42. The Balaban J connectivity index is 2.97. The van der Waals surface area contributed by atoms with Crippen molar-refractivity contribution in [1.82, 2.24) is 9.38 Å². The molecule has 2 aromatic heterocycles. The number of rotatable bonds is 0. The zero-order valence-corrected chi connectivity index (χ0v) is 8.03. The predicted molar refractivity (Wildman–Crippen MR) is 50.2 cm³/mol. The molecule has 5 heteroatoms. The summed E-state index contributed by atoms with van der Waals surface area (Å²) in [6, 6.07) is 1.58. The molecule has 2 nitrogen and oxygen atoms in total. The maximum Gasteiger partial charge on any atom is 0.158 e. The van der Waals surface area contributed by atoms with Gasteiger partial charge in [0.1, 0.15) is 10.2 Å². The van der Waals surface area contributed by atoms with Crippen LogP contribution in [0.5, 0.6) is 0 Å². The Morgan fingerprint density at radius 2 is 2.00 bits per heavy atom. The molecule has 12 heavy (non-hydrogen) atoms. The molecule has 0 radical (unpaired) electrons. The molecule has 0 atom stereocenters. The number of fused-ring (bicyclic) bond motifs is 1. The van der Waals surface area contributed by atoms with E-state index in [0.29, 0.717) is 20.8 Å². The molecule has 0 saturated carbocycles. The van der Waals surface area contributed by atoms with Gasteiger partial charge in [-0.25, -0.2) is 4.98 Å². The molecule has 0 aliphatic carbocycles. The second kappa shape index (κ2) is 2.80. The minimum Gasteiger partial charge on any atom is -0.289 e. The summed E-state index contributed by atoms with van der Waals surface area (Å²) in [5, 5.41) is 1.34. The van der Waals surface area contributed by atoms with E-state index < -0.39 is 0 Å². The van der Waals surface area contributed by atoms with Crippen molar-refractivity contribution in [2.75, 3.05) is 0 Å². The summed E-state index contributed by atoms with van der Waals surface area (Å²) >= 11 is 17.5. The molecule has 62 valence electrons. The molecule has 0 unspecified atom stereocenters. The Kier molecular flexibility index (Phi) is 1.91. The average molecular weight is 221 g/mol. The summed E-state index contributed by atoms with van der Waals surface area (Å²) in [5.41, 5.74) is 0.578. The van der Waals surface area contributed by atoms with E-state index in [4.69, 9.17) is 34.8 Å². The third-order valence-corrected chi connectivity index (χ3v) is 2.58. The first-order chi connectivity index (χ1) is 5.70. The van der Waals surface area contributed by atoms with Gasteiger partial charge in [-0.3, -0.25) is 4.40 Å². The molecule has 2 heterocycles. The number of hydrogen-bond acceptors (Lipinski definition) is 1. The standard InChI is InChI=1S/C7H3Cl3N2/c8-4-3-5(9)12-2-1-11-7(12)6(4)10/h1-3H. The van der Waals surface area contributed by atoms with Crippen LogP contribution in [-0.4, -0.2) is 9.38 Å². The fourth-order valence-corrected chi connectivity index (χ4v) is 1.67. The normalized spacial score (nSPS) is 10.9. The topological polar surface area (TPSA) is 17.3 Å². The van der Waals surface area contributed by atoms with Gasteiger partial charge in [-0.1, -0.05) is 34.8 Å². The van der Waals surface area contributed by atoms with Gasteiger partial charge in [-0.05, 0) is 6.07 Å². The highest BCUT2D eigenvalue weighted by Gasteiger charge is 2.07. The van der Waals surface area contributed by atoms with E-state index >= 15 is 0 Å². The fraction of sp³-hybridized carbons (Fsp3) is 0. The molecule has 0 aliphatic rings. The van der Waals surface area contributed by atoms with E-state index in [0.717, 1.165) is 0 Å². The van der Waals surface area contributed by atoms with Gasteiger partial charge in [-0.15, -0.1) is 0 Å². The van der Waals surface area contributed by atoms with Crippen LogP contribution in [0.15, 0.2) is 18.5 Å². The van der Waals surface area contributed by atoms with E-state index in [1.807, 2.05) is 0 Å². The molecule has 0 N–H and O–H groups in total. The van der Waals surface area contributed by atoms with Crippen LogP contribution in [0.1, 0.15) is 0 Å². The number of halogens is 3. The Morgan fingerprint density at radius 3 is 2.75 bits per heavy atom. The summed E-state index contributed by atoms with van der Waals surface area (Å²) in [6.45, 7) is 0. The molecule has 2 aromatic rings. The first kappa shape index (κ1) is 8.17. The molecule has 2 rings (SSSR count). The molecule has 0 aliphatic heterocycles. The summed E-state index contributed by atoms with van der Waals surface area (Å²) in [7, 11) is 0. The zero-order chi connectivity index (χ0) is 8.72. The minimum absolute atomic E-state index is 0.417. The zero-order valence-electron chi connectivity index (χ0n) is 5.76. The number of pyridine rings is 1. The van der Waals surface area contributed by atoms with Crippen molar-refractivity contribution in [3.8, 4) is 0 Å². The lowest BCUT2D eigenvalue weighted by Gasteiger charge is -2.00. The lowest BCUT2D eigenvalue weighted by Crippen LogP contribution is -1.86. The van der Waals surface area contributed by atoms with Gasteiger partial charge in [-0.2, -0.15) is 0 Å². The molecular formula is C7H3Cl3N2. The smallest absolute Gasteiger partial charge is 0.158 e. The summed E-state index contributed by atoms with van der Waals surface area (Å²) < 4.78 is 1.66.